The molecule has 0 spiro atoms. The lowest BCUT2D eigenvalue weighted by Gasteiger charge is -2.16. The maximum Gasteiger partial charge on any atom is 0.242 e. The topological polar surface area (TPSA) is 66.5 Å². The van der Waals surface area contributed by atoms with E-state index < -0.39 is 10.0 Å². The Morgan fingerprint density at radius 3 is 2.35 bits per heavy atom. The van der Waals surface area contributed by atoms with Crippen molar-refractivity contribution in [1.82, 2.24) is 4.31 Å². The smallest absolute Gasteiger partial charge is 0.242 e. The van der Waals surface area contributed by atoms with E-state index in [1.54, 1.807) is 18.2 Å². The zero-order valence-corrected chi connectivity index (χ0v) is 17.4. The second-order valence-corrected chi connectivity index (χ2v) is 9.63. The molecule has 0 radical (unpaired) electrons. The van der Waals surface area contributed by atoms with Crippen LogP contribution in [0.4, 0.5) is 5.69 Å². The molecule has 0 saturated carbocycles. The number of halogens is 1. The fraction of sp³-hybridized carbons (Fsp3) is 0.278. The first kappa shape index (κ1) is 20.8. The third-order valence-corrected chi connectivity index (χ3v) is 6.93. The molecule has 0 fully saturated rings. The molecule has 0 aliphatic carbocycles. The van der Waals surface area contributed by atoms with Crippen molar-refractivity contribution in [2.24, 2.45) is 0 Å². The normalized spacial score (nSPS) is 11.6. The van der Waals surface area contributed by atoms with Gasteiger partial charge in [-0.1, -0.05) is 11.6 Å². The van der Waals surface area contributed by atoms with Crippen LogP contribution in [0.2, 0.25) is 5.02 Å². The van der Waals surface area contributed by atoms with Crippen LogP contribution in [-0.2, 0) is 14.8 Å². The molecular formula is C18H21ClN2O3S2. The number of anilines is 1. The van der Waals surface area contributed by atoms with Crippen molar-refractivity contribution in [2.45, 2.75) is 23.6 Å². The summed E-state index contributed by atoms with van der Waals surface area (Å²) >= 11 is 7.23. The highest BCUT2D eigenvalue weighted by atomic mass is 35.5. The minimum atomic E-state index is -3.57. The van der Waals surface area contributed by atoms with Gasteiger partial charge in [0.05, 0.1) is 10.6 Å². The van der Waals surface area contributed by atoms with Gasteiger partial charge in [-0.3, -0.25) is 4.79 Å². The molecular weight excluding hydrogens is 392 g/mol. The van der Waals surface area contributed by atoms with E-state index in [4.69, 9.17) is 11.6 Å². The molecule has 0 atom stereocenters. The number of thioether (sulfide) groups is 1. The van der Waals surface area contributed by atoms with Crippen molar-refractivity contribution in [3.63, 3.8) is 0 Å². The number of sulfonamides is 1. The van der Waals surface area contributed by atoms with Gasteiger partial charge in [0, 0.05) is 29.7 Å². The number of hydrogen-bond donors (Lipinski definition) is 1. The molecule has 5 nitrogen and oxygen atoms in total. The van der Waals surface area contributed by atoms with Gasteiger partial charge in [-0.2, -0.15) is 0 Å². The first-order valence-electron chi connectivity index (χ1n) is 7.83. The summed E-state index contributed by atoms with van der Waals surface area (Å²) in [7, 11) is -0.614. The molecule has 26 heavy (non-hydrogen) atoms. The summed E-state index contributed by atoms with van der Waals surface area (Å²) in [6, 6.07) is 10.3. The number of rotatable bonds is 6. The van der Waals surface area contributed by atoms with Gasteiger partial charge in [0.1, 0.15) is 0 Å². The SMILES string of the molecule is Cc1cc(S(=O)(=O)N(C)C)cc(NC(=O)CSc2ccc(Cl)cc2)c1C. The Morgan fingerprint density at radius 1 is 1.15 bits per heavy atom. The Hall–Kier alpha value is -1.54. The summed E-state index contributed by atoms with van der Waals surface area (Å²) in [5.41, 5.74) is 2.15. The summed E-state index contributed by atoms with van der Waals surface area (Å²) < 4.78 is 25.9. The van der Waals surface area contributed by atoms with E-state index in [2.05, 4.69) is 5.32 Å². The summed E-state index contributed by atoms with van der Waals surface area (Å²) in [6.07, 6.45) is 0. The van der Waals surface area contributed by atoms with Crippen molar-refractivity contribution in [3.8, 4) is 0 Å². The molecule has 1 N–H and O–H groups in total. The van der Waals surface area contributed by atoms with Crippen LogP contribution in [0.5, 0.6) is 0 Å². The van der Waals surface area contributed by atoms with E-state index >= 15 is 0 Å². The predicted octanol–water partition coefficient (Wildman–Crippen LogP) is 3.94. The molecule has 2 aromatic rings. The van der Waals surface area contributed by atoms with Crippen molar-refractivity contribution in [1.29, 1.82) is 0 Å². The van der Waals surface area contributed by atoms with Gasteiger partial charge in [-0.15, -0.1) is 11.8 Å². The standard InChI is InChI=1S/C18H21ClN2O3S2/c1-12-9-16(26(23,24)21(3)4)10-17(13(12)2)20-18(22)11-25-15-7-5-14(19)6-8-15/h5-10H,11H2,1-4H3,(H,20,22). The Morgan fingerprint density at radius 2 is 1.77 bits per heavy atom. The third-order valence-electron chi connectivity index (χ3n) is 3.88. The molecule has 0 aliphatic heterocycles. The fourth-order valence-corrected chi connectivity index (χ4v) is 4.02. The molecule has 140 valence electrons. The molecule has 2 aromatic carbocycles. The van der Waals surface area contributed by atoms with Gasteiger partial charge >= 0.3 is 0 Å². The lowest BCUT2D eigenvalue weighted by atomic mass is 10.1. The number of aryl methyl sites for hydroxylation is 1. The molecule has 0 unspecified atom stereocenters. The van der Waals surface area contributed by atoms with Crippen LogP contribution in [0.15, 0.2) is 46.2 Å². The van der Waals surface area contributed by atoms with Crippen LogP contribution in [0, 0.1) is 13.8 Å². The van der Waals surface area contributed by atoms with Gasteiger partial charge in [-0.05, 0) is 61.4 Å². The summed E-state index contributed by atoms with van der Waals surface area (Å²) in [5, 5.41) is 3.46. The average molecular weight is 413 g/mol. The van der Waals surface area contributed by atoms with Gasteiger partial charge < -0.3 is 5.32 Å². The number of nitrogens with zero attached hydrogens (tertiary/aromatic N) is 1. The van der Waals surface area contributed by atoms with Crippen LogP contribution in [-0.4, -0.2) is 38.5 Å². The quantitative estimate of drug-likeness (QED) is 0.730. The maximum atomic E-state index is 12.4. The maximum absolute atomic E-state index is 12.4. The monoisotopic (exact) mass is 412 g/mol. The second kappa shape index (κ2) is 8.43. The molecule has 2 rings (SSSR count). The van der Waals surface area contributed by atoms with Crippen molar-refractivity contribution in [3.05, 3.63) is 52.5 Å². The van der Waals surface area contributed by atoms with Crippen molar-refractivity contribution < 1.29 is 13.2 Å². The van der Waals surface area contributed by atoms with Crippen LogP contribution in [0.1, 0.15) is 11.1 Å². The largest absolute Gasteiger partial charge is 0.325 e. The van der Waals surface area contributed by atoms with Crippen LogP contribution in [0.3, 0.4) is 0 Å². The highest BCUT2D eigenvalue weighted by Gasteiger charge is 2.20. The zero-order valence-electron chi connectivity index (χ0n) is 15.0. The molecule has 1 amide bonds. The Kier molecular flexibility index (Phi) is 6.74. The fourth-order valence-electron chi connectivity index (χ4n) is 2.18. The summed E-state index contributed by atoms with van der Waals surface area (Å²) in [6.45, 7) is 3.67. The van der Waals surface area contributed by atoms with Gasteiger partial charge in [0.15, 0.2) is 0 Å². The second-order valence-electron chi connectivity index (χ2n) is 5.99. The molecule has 0 heterocycles. The summed E-state index contributed by atoms with van der Waals surface area (Å²) in [5.74, 6) is 0.0111. The van der Waals surface area contributed by atoms with E-state index in [1.807, 2.05) is 26.0 Å². The molecule has 0 saturated heterocycles. The van der Waals surface area contributed by atoms with E-state index in [0.29, 0.717) is 10.7 Å². The Balaban J connectivity index is 2.16. The number of carbonyl (C=O) groups is 1. The first-order valence-corrected chi connectivity index (χ1v) is 10.6. The van der Waals surface area contributed by atoms with Crippen molar-refractivity contribution in [2.75, 3.05) is 25.2 Å². The van der Waals surface area contributed by atoms with E-state index in [0.717, 1.165) is 20.3 Å². The van der Waals surface area contributed by atoms with Crippen LogP contribution >= 0.6 is 23.4 Å². The van der Waals surface area contributed by atoms with Gasteiger partial charge in [0.2, 0.25) is 15.9 Å². The van der Waals surface area contributed by atoms with Gasteiger partial charge in [-0.25, -0.2) is 12.7 Å². The highest BCUT2D eigenvalue weighted by molar-refractivity contribution is 8.00. The number of nitrogens with one attached hydrogen (secondary N) is 1. The Labute approximate surface area is 163 Å². The van der Waals surface area contributed by atoms with E-state index in [9.17, 15) is 13.2 Å². The molecule has 0 aliphatic rings. The molecule has 8 heteroatoms. The number of hydrogen-bond acceptors (Lipinski definition) is 4. The van der Waals surface area contributed by atoms with E-state index in [1.165, 1.54) is 31.9 Å². The average Bonchev–Trinajstić information content (AvgIpc) is 2.58. The number of amides is 1. The van der Waals surface area contributed by atoms with E-state index in [-0.39, 0.29) is 16.6 Å². The van der Waals surface area contributed by atoms with Crippen LogP contribution < -0.4 is 5.32 Å². The van der Waals surface area contributed by atoms with Crippen LogP contribution in [0.25, 0.3) is 0 Å². The third kappa shape index (κ3) is 5.01. The zero-order chi connectivity index (χ0) is 19.5. The first-order chi connectivity index (χ1) is 12.1. The lowest BCUT2D eigenvalue weighted by Crippen LogP contribution is -2.23. The number of carbonyl (C=O) groups excluding carboxylic acids is 1. The lowest BCUT2D eigenvalue weighted by molar-refractivity contribution is -0.113. The minimum Gasteiger partial charge on any atom is -0.325 e. The number of benzene rings is 2. The summed E-state index contributed by atoms with van der Waals surface area (Å²) in [4.78, 5) is 13.4. The predicted molar refractivity (Wildman–Crippen MR) is 108 cm³/mol. The Bertz CT molecular complexity index is 911. The molecule has 0 bridgehead atoms. The molecule has 0 aromatic heterocycles. The van der Waals surface area contributed by atoms with Gasteiger partial charge in [0.25, 0.3) is 0 Å². The highest BCUT2D eigenvalue weighted by Crippen LogP contribution is 2.26. The van der Waals surface area contributed by atoms with Crippen molar-refractivity contribution >= 4 is 45.0 Å². The minimum absolute atomic E-state index is 0.159.